The van der Waals surface area contributed by atoms with Gasteiger partial charge in [0.1, 0.15) is 0 Å². The van der Waals surface area contributed by atoms with Gasteiger partial charge in [-0.2, -0.15) is 0 Å². The monoisotopic (exact) mass is 334 g/mol. The Bertz CT molecular complexity index is 486. The average Bonchev–Trinajstić information content (AvgIpc) is 2.93. The molecular weight excluding hydrogens is 308 g/mol. The largest absolute Gasteiger partial charge is 0.385 e. The normalized spacial score (nSPS) is 11.9. The average molecular weight is 335 g/mol. The highest BCUT2D eigenvalue weighted by Gasteiger charge is 2.15. The number of rotatable bonds is 12. The molecule has 1 rings (SSSR count). The van der Waals surface area contributed by atoms with Crippen molar-refractivity contribution in [1.29, 1.82) is 0 Å². The molecule has 0 fully saturated rings. The molecule has 5 nitrogen and oxygen atoms in total. The Labute approximate surface area is 132 Å². The molecule has 0 amide bonds. The highest BCUT2D eigenvalue weighted by molar-refractivity contribution is 7.89. The first kappa shape index (κ1) is 18.6. The highest BCUT2D eigenvalue weighted by atomic mass is 32.2. The van der Waals surface area contributed by atoms with Crippen LogP contribution in [0.4, 0.5) is 0 Å². The van der Waals surface area contributed by atoms with Crippen LogP contribution < -0.4 is 10.0 Å². The first-order chi connectivity index (χ1) is 10.1. The molecule has 122 valence electrons. The van der Waals surface area contributed by atoms with Crippen molar-refractivity contribution in [2.24, 2.45) is 0 Å². The van der Waals surface area contributed by atoms with Gasteiger partial charge >= 0.3 is 0 Å². The van der Waals surface area contributed by atoms with Gasteiger partial charge in [0.2, 0.25) is 10.0 Å². The first-order valence-electron chi connectivity index (χ1n) is 7.37. The minimum Gasteiger partial charge on any atom is -0.385 e. The van der Waals surface area contributed by atoms with Crippen LogP contribution in [0.2, 0.25) is 0 Å². The predicted octanol–water partition coefficient (Wildman–Crippen LogP) is 2.34. The quantitative estimate of drug-likeness (QED) is 0.576. The van der Waals surface area contributed by atoms with E-state index in [1.165, 1.54) is 11.3 Å². The number of unbranched alkanes of at least 4 members (excludes halogenated alkanes) is 2. The van der Waals surface area contributed by atoms with Gasteiger partial charge in [-0.05, 0) is 38.3 Å². The number of nitrogens with one attached hydrogen (secondary N) is 2. The molecule has 0 saturated heterocycles. The van der Waals surface area contributed by atoms with E-state index in [9.17, 15) is 8.42 Å². The van der Waals surface area contributed by atoms with Crippen molar-refractivity contribution in [1.82, 2.24) is 10.0 Å². The van der Waals surface area contributed by atoms with Crippen LogP contribution in [-0.2, 0) is 21.3 Å². The van der Waals surface area contributed by atoms with E-state index in [2.05, 4.69) is 17.0 Å². The number of sulfonamides is 1. The zero-order chi connectivity index (χ0) is 15.6. The summed E-state index contributed by atoms with van der Waals surface area (Å²) in [5.74, 6) is 0. The maximum Gasteiger partial charge on any atom is 0.241 e. The molecule has 0 aliphatic rings. The molecule has 0 radical (unpaired) electrons. The smallest absolute Gasteiger partial charge is 0.241 e. The van der Waals surface area contributed by atoms with Crippen molar-refractivity contribution in [3.05, 3.63) is 16.3 Å². The van der Waals surface area contributed by atoms with E-state index in [1.54, 1.807) is 18.6 Å². The van der Waals surface area contributed by atoms with Crippen molar-refractivity contribution < 1.29 is 13.2 Å². The lowest BCUT2D eigenvalue weighted by Crippen LogP contribution is -2.24. The SMILES string of the molecule is CCCNCc1cc(S(=O)(=O)NCCCCCOC)cs1. The van der Waals surface area contributed by atoms with Crippen LogP contribution >= 0.6 is 11.3 Å². The molecule has 0 aliphatic heterocycles. The van der Waals surface area contributed by atoms with Gasteiger partial charge in [-0.25, -0.2) is 13.1 Å². The lowest BCUT2D eigenvalue weighted by atomic mass is 10.2. The minimum absolute atomic E-state index is 0.373. The molecule has 21 heavy (non-hydrogen) atoms. The number of methoxy groups -OCH3 is 1. The molecule has 1 heterocycles. The van der Waals surface area contributed by atoms with Gasteiger partial charge in [0.05, 0.1) is 4.90 Å². The van der Waals surface area contributed by atoms with Gasteiger partial charge in [0, 0.05) is 37.1 Å². The molecule has 1 aromatic rings. The minimum atomic E-state index is -3.36. The van der Waals surface area contributed by atoms with Gasteiger partial charge in [0.25, 0.3) is 0 Å². The molecule has 0 saturated carbocycles. The van der Waals surface area contributed by atoms with Crippen LogP contribution in [0.3, 0.4) is 0 Å². The maximum absolute atomic E-state index is 12.1. The molecule has 0 aromatic carbocycles. The Hall–Kier alpha value is -0.470. The number of ether oxygens (including phenoxy) is 1. The number of hydrogen-bond donors (Lipinski definition) is 2. The lowest BCUT2D eigenvalue weighted by Gasteiger charge is -2.05. The van der Waals surface area contributed by atoms with Crippen molar-refractivity contribution in [3.63, 3.8) is 0 Å². The second-order valence-electron chi connectivity index (χ2n) is 4.88. The van der Waals surface area contributed by atoms with Gasteiger partial charge in [0.15, 0.2) is 0 Å². The molecule has 0 atom stereocenters. The third-order valence-corrected chi connectivity index (χ3v) is 5.51. The van der Waals surface area contributed by atoms with Crippen LogP contribution in [0.1, 0.15) is 37.5 Å². The summed E-state index contributed by atoms with van der Waals surface area (Å²) >= 11 is 1.48. The summed E-state index contributed by atoms with van der Waals surface area (Å²) in [6, 6.07) is 1.75. The number of thiophene rings is 1. The predicted molar refractivity (Wildman–Crippen MR) is 87.2 cm³/mol. The molecular formula is C14H26N2O3S2. The van der Waals surface area contributed by atoms with E-state index >= 15 is 0 Å². The fourth-order valence-electron chi connectivity index (χ4n) is 1.82. The Balaban J connectivity index is 2.36. The van der Waals surface area contributed by atoms with Gasteiger partial charge < -0.3 is 10.1 Å². The van der Waals surface area contributed by atoms with E-state index in [0.29, 0.717) is 11.4 Å². The Morgan fingerprint density at radius 1 is 1.24 bits per heavy atom. The maximum atomic E-state index is 12.1. The van der Waals surface area contributed by atoms with Crippen LogP contribution in [0, 0.1) is 0 Å². The number of hydrogen-bond acceptors (Lipinski definition) is 5. The summed E-state index contributed by atoms with van der Waals surface area (Å²) in [5.41, 5.74) is 0. The fourth-order valence-corrected chi connectivity index (χ4v) is 4.14. The van der Waals surface area contributed by atoms with E-state index in [0.717, 1.165) is 50.3 Å². The summed E-state index contributed by atoms with van der Waals surface area (Å²) in [6.07, 6.45) is 3.83. The van der Waals surface area contributed by atoms with Crippen LogP contribution in [-0.4, -0.2) is 35.2 Å². The lowest BCUT2D eigenvalue weighted by molar-refractivity contribution is 0.192. The Kier molecular flexibility index (Phi) is 9.10. The Morgan fingerprint density at radius 3 is 2.76 bits per heavy atom. The highest BCUT2D eigenvalue weighted by Crippen LogP contribution is 2.19. The first-order valence-corrected chi connectivity index (χ1v) is 9.73. The van der Waals surface area contributed by atoms with Crippen LogP contribution in [0.5, 0.6) is 0 Å². The summed E-state index contributed by atoms with van der Waals surface area (Å²) < 4.78 is 31.8. The summed E-state index contributed by atoms with van der Waals surface area (Å²) in [5, 5.41) is 4.98. The van der Waals surface area contributed by atoms with Gasteiger partial charge in [-0.3, -0.25) is 0 Å². The molecule has 2 N–H and O–H groups in total. The van der Waals surface area contributed by atoms with E-state index in [4.69, 9.17) is 4.74 Å². The van der Waals surface area contributed by atoms with Gasteiger partial charge in [-0.1, -0.05) is 6.92 Å². The fraction of sp³-hybridized carbons (Fsp3) is 0.714. The van der Waals surface area contributed by atoms with Crippen molar-refractivity contribution >= 4 is 21.4 Å². The molecule has 0 bridgehead atoms. The summed E-state index contributed by atoms with van der Waals surface area (Å²) in [4.78, 5) is 1.42. The molecule has 0 unspecified atom stereocenters. The molecule has 0 aliphatic carbocycles. The van der Waals surface area contributed by atoms with Crippen LogP contribution in [0.25, 0.3) is 0 Å². The summed E-state index contributed by atoms with van der Waals surface area (Å²) in [6.45, 7) is 4.98. The topological polar surface area (TPSA) is 67.4 Å². The zero-order valence-corrected chi connectivity index (χ0v) is 14.5. The van der Waals surface area contributed by atoms with E-state index in [1.807, 2.05) is 0 Å². The second kappa shape index (κ2) is 10.3. The molecule has 0 spiro atoms. The van der Waals surface area contributed by atoms with Crippen molar-refractivity contribution in [3.8, 4) is 0 Å². The van der Waals surface area contributed by atoms with E-state index in [-0.39, 0.29) is 0 Å². The zero-order valence-electron chi connectivity index (χ0n) is 12.9. The summed E-state index contributed by atoms with van der Waals surface area (Å²) in [7, 11) is -1.69. The molecule has 7 heteroatoms. The second-order valence-corrected chi connectivity index (χ2v) is 7.64. The third kappa shape index (κ3) is 7.37. The third-order valence-electron chi connectivity index (χ3n) is 2.98. The standard InChI is InChI=1S/C14H26N2O3S2/c1-3-7-15-11-13-10-14(12-20-13)21(17,18)16-8-5-4-6-9-19-2/h10,12,15-16H,3-9,11H2,1-2H3. The van der Waals surface area contributed by atoms with Gasteiger partial charge in [-0.15, -0.1) is 11.3 Å². The van der Waals surface area contributed by atoms with Crippen LogP contribution in [0.15, 0.2) is 16.3 Å². The van der Waals surface area contributed by atoms with Crippen molar-refractivity contribution in [2.75, 3.05) is 26.8 Å². The van der Waals surface area contributed by atoms with E-state index < -0.39 is 10.0 Å². The Morgan fingerprint density at radius 2 is 2.05 bits per heavy atom. The molecule has 1 aromatic heterocycles. The van der Waals surface area contributed by atoms with Crippen molar-refractivity contribution in [2.45, 2.75) is 44.0 Å².